The van der Waals surface area contributed by atoms with Crippen molar-refractivity contribution >= 4 is 11.8 Å². The largest absolute Gasteiger partial charge is 0.465 e. The normalized spacial score (nSPS) is 9.80. The number of hydrogen-bond acceptors (Lipinski definition) is 4. The molecule has 0 bridgehead atoms. The van der Waals surface area contributed by atoms with Gasteiger partial charge in [0.15, 0.2) is 5.78 Å². The summed E-state index contributed by atoms with van der Waals surface area (Å²) in [6.07, 6.45) is 0. The maximum absolute atomic E-state index is 11.3. The van der Waals surface area contributed by atoms with E-state index in [9.17, 15) is 14.4 Å². The van der Waals surface area contributed by atoms with E-state index >= 15 is 0 Å². The zero-order chi connectivity index (χ0) is 11.6. The highest BCUT2D eigenvalue weighted by Gasteiger charge is 2.18. The van der Waals surface area contributed by atoms with Gasteiger partial charge in [0.2, 0.25) is 0 Å². The standard InChI is InChI=1S/C10H11NO4/c1-6(12)9-7(10(14)15-3)4-5-8(13)11(9)2/h4-5H,1-3H3. The number of aromatic nitrogens is 1. The van der Waals surface area contributed by atoms with Crippen molar-refractivity contribution in [3.8, 4) is 0 Å². The van der Waals surface area contributed by atoms with E-state index in [-0.39, 0.29) is 22.6 Å². The number of methoxy groups -OCH3 is 1. The number of Topliss-reactive ketones (excluding diaryl/α,β-unsaturated/α-hetero) is 1. The van der Waals surface area contributed by atoms with Crippen molar-refractivity contribution in [2.45, 2.75) is 6.92 Å². The minimum Gasteiger partial charge on any atom is -0.465 e. The van der Waals surface area contributed by atoms with Gasteiger partial charge in [-0.05, 0) is 6.07 Å². The van der Waals surface area contributed by atoms with Crippen molar-refractivity contribution in [3.05, 3.63) is 33.7 Å². The smallest absolute Gasteiger partial charge is 0.340 e. The van der Waals surface area contributed by atoms with Crippen LogP contribution in [0.4, 0.5) is 0 Å². The summed E-state index contributed by atoms with van der Waals surface area (Å²) >= 11 is 0. The van der Waals surface area contributed by atoms with Crippen molar-refractivity contribution in [2.24, 2.45) is 7.05 Å². The average Bonchev–Trinajstić information content (AvgIpc) is 2.20. The number of ether oxygens (including phenoxy) is 1. The van der Waals surface area contributed by atoms with Gasteiger partial charge >= 0.3 is 5.97 Å². The lowest BCUT2D eigenvalue weighted by molar-refractivity contribution is 0.0595. The highest BCUT2D eigenvalue weighted by Crippen LogP contribution is 2.07. The first-order valence-electron chi connectivity index (χ1n) is 4.28. The quantitative estimate of drug-likeness (QED) is 0.521. The second-order valence-electron chi connectivity index (χ2n) is 3.04. The molecule has 1 aromatic rings. The second-order valence-corrected chi connectivity index (χ2v) is 3.04. The third kappa shape index (κ3) is 1.96. The van der Waals surface area contributed by atoms with Crippen LogP contribution in [0, 0.1) is 0 Å². The van der Waals surface area contributed by atoms with E-state index in [2.05, 4.69) is 4.74 Å². The number of pyridine rings is 1. The fraction of sp³-hybridized carbons (Fsp3) is 0.300. The lowest BCUT2D eigenvalue weighted by atomic mass is 10.1. The van der Waals surface area contributed by atoms with Crippen molar-refractivity contribution < 1.29 is 14.3 Å². The van der Waals surface area contributed by atoms with Gasteiger partial charge in [-0.15, -0.1) is 0 Å². The number of carbonyl (C=O) groups excluding carboxylic acids is 2. The Kier molecular flexibility index (Phi) is 3.04. The van der Waals surface area contributed by atoms with Gasteiger partial charge in [0.25, 0.3) is 5.56 Å². The van der Waals surface area contributed by atoms with Crippen LogP contribution in [0.1, 0.15) is 27.8 Å². The molecule has 5 heteroatoms. The van der Waals surface area contributed by atoms with Gasteiger partial charge in [0.1, 0.15) is 5.69 Å². The molecule has 15 heavy (non-hydrogen) atoms. The Morgan fingerprint density at radius 2 is 1.93 bits per heavy atom. The number of esters is 1. The lowest BCUT2D eigenvalue weighted by Crippen LogP contribution is -2.25. The molecule has 0 unspecified atom stereocenters. The Bertz CT molecular complexity index is 473. The number of carbonyl (C=O) groups is 2. The summed E-state index contributed by atoms with van der Waals surface area (Å²) in [6.45, 7) is 1.29. The Morgan fingerprint density at radius 1 is 1.33 bits per heavy atom. The Hall–Kier alpha value is -1.91. The first kappa shape index (κ1) is 11.2. The molecule has 1 aromatic heterocycles. The molecule has 0 aromatic carbocycles. The molecular weight excluding hydrogens is 198 g/mol. The number of hydrogen-bond donors (Lipinski definition) is 0. The summed E-state index contributed by atoms with van der Waals surface area (Å²) in [5.74, 6) is -0.980. The fourth-order valence-corrected chi connectivity index (χ4v) is 1.34. The van der Waals surface area contributed by atoms with E-state index < -0.39 is 5.97 Å². The van der Waals surface area contributed by atoms with Crippen LogP contribution >= 0.6 is 0 Å². The van der Waals surface area contributed by atoms with Crippen molar-refractivity contribution in [3.63, 3.8) is 0 Å². The van der Waals surface area contributed by atoms with Gasteiger partial charge in [0, 0.05) is 20.0 Å². The molecular formula is C10H11NO4. The summed E-state index contributed by atoms with van der Waals surface area (Å²) < 4.78 is 5.65. The van der Waals surface area contributed by atoms with Crippen molar-refractivity contribution in [2.75, 3.05) is 7.11 Å². The van der Waals surface area contributed by atoms with E-state index in [1.54, 1.807) is 0 Å². The Morgan fingerprint density at radius 3 is 2.40 bits per heavy atom. The molecule has 5 nitrogen and oxygen atoms in total. The molecule has 80 valence electrons. The summed E-state index contributed by atoms with van der Waals surface area (Å²) in [5, 5.41) is 0. The SMILES string of the molecule is COC(=O)c1ccc(=O)n(C)c1C(C)=O. The molecule has 0 saturated carbocycles. The number of rotatable bonds is 2. The van der Waals surface area contributed by atoms with Crippen LogP contribution < -0.4 is 5.56 Å². The molecule has 0 spiro atoms. The topological polar surface area (TPSA) is 65.4 Å². The van der Waals surface area contributed by atoms with Crippen LogP contribution in [0.25, 0.3) is 0 Å². The summed E-state index contributed by atoms with van der Waals surface area (Å²) in [6, 6.07) is 2.52. The molecule has 0 amide bonds. The molecule has 1 rings (SSSR count). The summed E-state index contributed by atoms with van der Waals surface area (Å²) in [5.41, 5.74) is -0.172. The molecule has 0 atom stereocenters. The van der Waals surface area contributed by atoms with E-state index in [1.165, 1.54) is 33.2 Å². The van der Waals surface area contributed by atoms with E-state index in [4.69, 9.17) is 0 Å². The maximum atomic E-state index is 11.3. The fourth-order valence-electron chi connectivity index (χ4n) is 1.34. The minimum atomic E-state index is -0.629. The molecule has 0 fully saturated rings. The predicted molar refractivity (Wildman–Crippen MR) is 53.0 cm³/mol. The van der Waals surface area contributed by atoms with E-state index in [1.807, 2.05) is 0 Å². The van der Waals surface area contributed by atoms with Gasteiger partial charge in [-0.1, -0.05) is 0 Å². The molecule has 1 heterocycles. The second kappa shape index (κ2) is 4.08. The van der Waals surface area contributed by atoms with Crippen LogP contribution in [0.2, 0.25) is 0 Å². The van der Waals surface area contributed by atoms with Crippen LogP contribution in [-0.4, -0.2) is 23.4 Å². The zero-order valence-electron chi connectivity index (χ0n) is 8.73. The molecule has 0 aliphatic rings. The summed E-state index contributed by atoms with van der Waals surface area (Å²) in [4.78, 5) is 33.9. The first-order valence-corrected chi connectivity index (χ1v) is 4.28. The number of nitrogens with zero attached hydrogens (tertiary/aromatic N) is 1. The van der Waals surface area contributed by atoms with Gasteiger partial charge in [-0.25, -0.2) is 4.79 Å². The minimum absolute atomic E-state index is 0.0642. The Labute approximate surface area is 86.3 Å². The highest BCUT2D eigenvalue weighted by atomic mass is 16.5. The lowest BCUT2D eigenvalue weighted by Gasteiger charge is -2.08. The zero-order valence-corrected chi connectivity index (χ0v) is 8.73. The highest BCUT2D eigenvalue weighted by molar-refractivity contribution is 6.04. The summed E-state index contributed by atoms with van der Waals surface area (Å²) in [7, 11) is 2.66. The van der Waals surface area contributed by atoms with Gasteiger partial charge in [-0.2, -0.15) is 0 Å². The van der Waals surface area contributed by atoms with Crippen molar-refractivity contribution in [1.29, 1.82) is 0 Å². The van der Waals surface area contributed by atoms with Crippen LogP contribution in [-0.2, 0) is 11.8 Å². The monoisotopic (exact) mass is 209 g/mol. The van der Waals surface area contributed by atoms with E-state index in [0.717, 1.165) is 4.57 Å². The first-order chi connectivity index (χ1) is 6.99. The van der Waals surface area contributed by atoms with Gasteiger partial charge in [-0.3, -0.25) is 9.59 Å². The molecule has 0 saturated heterocycles. The molecule has 0 radical (unpaired) electrons. The third-order valence-corrected chi connectivity index (χ3v) is 2.05. The average molecular weight is 209 g/mol. The Balaban J connectivity index is 3.54. The van der Waals surface area contributed by atoms with Gasteiger partial charge < -0.3 is 9.30 Å². The predicted octanol–water partition coefficient (Wildman–Crippen LogP) is 0.374. The molecule has 0 aliphatic heterocycles. The number of ketones is 1. The molecule has 0 aliphatic carbocycles. The third-order valence-electron chi connectivity index (χ3n) is 2.05. The van der Waals surface area contributed by atoms with Gasteiger partial charge in [0.05, 0.1) is 12.7 Å². The molecule has 0 N–H and O–H groups in total. The van der Waals surface area contributed by atoms with Crippen molar-refractivity contribution in [1.82, 2.24) is 4.57 Å². The van der Waals surface area contributed by atoms with Crippen LogP contribution in [0.3, 0.4) is 0 Å². The van der Waals surface area contributed by atoms with E-state index in [0.29, 0.717) is 0 Å². The van der Waals surface area contributed by atoms with Crippen LogP contribution in [0.15, 0.2) is 16.9 Å². The maximum Gasteiger partial charge on any atom is 0.340 e. The van der Waals surface area contributed by atoms with Crippen LogP contribution in [0.5, 0.6) is 0 Å².